The fourth-order valence-electron chi connectivity index (χ4n) is 2.15. The number of thiophene rings is 1. The van der Waals surface area contributed by atoms with Crippen molar-refractivity contribution in [2.24, 2.45) is 0 Å². The Labute approximate surface area is 147 Å². The van der Waals surface area contributed by atoms with Crippen molar-refractivity contribution in [3.63, 3.8) is 0 Å². The predicted molar refractivity (Wildman–Crippen MR) is 96.6 cm³/mol. The molecular formula is C17H22N2O3S2. The van der Waals surface area contributed by atoms with E-state index in [1.54, 1.807) is 12.1 Å². The molecule has 0 aliphatic carbocycles. The number of hydrogen-bond donors (Lipinski definition) is 2. The van der Waals surface area contributed by atoms with Gasteiger partial charge in [-0.25, -0.2) is 13.1 Å². The van der Waals surface area contributed by atoms with Crippen LogP contribution in [0.15, 0.2) is 46.7 Å². The molecule has 2 N–H and O–H groups in total. The summed E-state index contributed by atoms with van der Waals surface area (Å²) in [6.45, 7) is 2.94. The number of rotatable bonds is 9. The lowest BCUT2D eigenvalue weighted by Gasteiger charge is -2.08. The van der Waals surface area contributed by atoms with Gasteiger partial charge in [-0.1, -0.05) is 31.9 Å². The molecule has 0 aliphatic heterocycles. The van der Waals surface area contributed by atoms with Crippen molar-refractivity contribution in [2.75, 3.05) is 6.54 Å². The molecule has 0 saturated carbocycles. The van der Waals surface area contributed by atoms with E-state index in [1.165, 1.54) is 23.5 Å². The van der Waals surface area contributed by atoms with E-state index in [0.29, 0.717) is 12.1 Å². The summed E-state index contributed by atoms with van der Waals surface area (Å²) >= 11 is 1.49. The Morgan fingerprint density at radius 2 is 2.00 bits per heavy atom. The summed E-state index contributed by atoms with van der Waals surface area (Å²) in [5, 5.41) is 4.71. The standard InChI is InChI=1S/C17H22N2O3S2/c1-2-3-4-10-18-17(20)14-7-5-9-16(12-14)24(21,22)19-13-15-8-6-11-23-15/h5-9,11-12,19H,2-4,10,13H2,1H3,(H,18,20). The molecule has 0 fully saturated rings. The van der Waals surface area contributed by atoms with Crippen LogP contribution in [-0.4, -0.2) is 20.9 Å². The highest BCUT2D eigenvalue weighted by atomic mass is 32.2. The zero-order valence-electron chi connectivity index (χ0n) is 13.6. The predicted octanol–water partition coefficient (Wildman–Crippen LogP) is 3.15. The molecule has 2 rings (SSSR count). The van der Waals surface area contributed by atoms with Gasteiger partial charge in [0.25, 0.3) is 5.91 Å². The largest absolute Gasteiger partial charge is 0.352 e. The van der Waals surface area contributed by atoms with Gasteiger partial charge in [0.2, 0.25) is 10.0 Å². The first kappa shape index (κ1) is 18.6. The van der Waals surface area contributed by atoms with Gasteiger partial charge in [-0.15, -0.1) is 11.3 Å². The van der Waals surface area contributed by atoms with Crippen molar-refractivity contribution >= 4 is 27.3 Å². The summed E-state index contributed by atoms with van der Waals surface area (Å²) in [6.07, 6.45) is 3.06. The first-order valence-electron chi connectivity index (χ1n) is 7.93. The minimum absolute atomic E-state index is 0.0975. The van der Waals surface area contributed by atoms with Gasteiger partial charge in [0.1, 0.15) is 0 Å². The van der Waals surface area contributed by atoms with E-state index in [2.05, 4.69) is 17.0 Å². The van der Waals surface area contributed by atoms with Crippen LogP contribution in [0.5, 0.6) is 0 Å². The van der Waals surface area contributed by atoms with Crippen LogP contribution < -0.4 is 10.0 Å². The lowest BCUT2D eigenvalue weighted by atomic mass is 10.2. The zero-order chi connectivity index (χ0) is 17.4. The molecule has 0 bridgehead atoms. The molecule has 0 atom stereocenters. The number of benzene rings is 1. The number of sulfonamides is 1. The van der Waals surface area contributed by atoms with Gasteiger partial charge in [-0.05, 0) is 36.1 Å². The number of nitrogens with one attached hydrogen (secondary N) is 2. The number of carbonyl (C=O) groups excluding carboxylic acids is 1. The maximum absolute atomic E-state index is 12.4. The van der Waals surface area contributed by atoms with Crippen molar-refractivity contribution < 1.29 is 13.2 Å². The van der Waals surface area contributed by atoms with E-state index in [9.17, 15) is 13.2 Å². The lowest BCUT2D eigenvalue weighted by molar-refractivity contribution is 0.0952. The monoisotopic (exact) mass is 366 g/mol. The summed E-state index contributed by atoms with van der Waals surface area (Å²) in [7, 11) is -3.64. The Hall–Kier alpha value is -1.70. The Bertz CT molecular complexity index is 756. The lowest BCUT2D eigenvalue weighted by Crippen LogP contribution is -2.26. The molecule has 1 amide bonds. The second-order valence-electron chi connectivity index (χ2n) is 5.39. The van der Waals surface area contributed by atoms with Crippen molar-refractivity contribution in [3.8, 4) is 0 Å². The molecule has 2 aromatic rings. The fraction of sp³-hybridized carbons (Fsp3) is 0.353. The first-order chi connectivity index (χ1) is 11.5. The molecule has 5 nitrogen and oxygen atoms in total. The average molecular weight is 367 g/mol. The van der Waals surface area contributed by atoms with E-state index >= 15 is 0 Å². The highest BCUT2D eigenvalue weighted by Gasteiger charge is 2.16. The van der Waals surface area contributed by atoms with Crippen molar-refractivity contribution in [2.45, 2.75) is 37.6 Å². The van der Waals surface area contributed by atoms with Crippen molar-refractivity contribution in [1.82, 2.24) is 10.0 Å². The number of unbranched alkanes of at least 4 members (excludes halogenated alkanes) is 2. The van der Waals surface area contributed by atoms with Gasteiger partial charge in [-0.3, -0.25) is 4.79 Å². The normalized spacial score (nSPS) is 11.4. The van der Waals surface area contributed by atoms with Gasteiger partial charge in [-0.2, -0.15) is 0 Å². The fourth-order valence-corrected chi connectivity index (χ4v) is 3.93. The number of hydrogen-bond acceptors (Lipinski definition) is 4. The SMILES string of the molecule is CCCCCNC(=O)c1cccc(S(=O)(=O)NCc2cccs2)c1. The third-order valence-corrected chi connectivity index (χ3v) is 5.76. The third kappa shape index (κ3) is 5.43. The Morgan fingerprint density at radius 1 is 1.17 bits per heavy atom. The first-order valence-corrected chi connectivity index (χ1v) is 10.3. The second kappa shape index (κ2) is 8.96. The summed E-state index contributed by atoms with van der Waals surface area (Å²) in [6, 6.07) is 9.84. The van der Waals surface area contributed by atoms with Crippen molar-refractivity contribution in [1.29, 1.82) is 0 Å². The van der Waals surface area contributed by atoms with E-state index in [4.69, 9.17) is 0 Å². The van der Waals surface area contributed by atoms with Crippen LogP contribution in [0.25, 0.3) is 0 Å². The van der Waals surface area contributed by atoms with E-state index in [1.807, 2.05) is 17.5 Å². The maximum atomic E-state index is 12.4. The summed E-state index contributed by atoms with van der Waals surface area (Å²) < 4.78 is 27.3. The Morgan fingerprint density at radius 3 is 2.71 bits per heavy atom. The molecule has 130 valence electrons. The number of carbonyl (C=O) groups is 1. The molecule has 7 heteroatoms. The minimum Gasteiger partial charge on any atom is -0.352 e. The van der Waals surface area contributed by atoms with E-state index < -0.39 is 10.0 Å². The summed E-state index contributed by atoms with van der Waals surface area (Å²) in [5.74, 6) is -0.249. The quantitative estimate of drug-likeness (QED) is 0.670. The second-order valence-corrected chi connectivity index (χ2v) is 8.19. The van der Waals surface area contributed by atoms with E-state index in [0.717, 1.165) is 24.1 Å². The zero-order valence-corrected chi connectivity index (χ0v) is 15.3. The van der Waals surface area contributed by atoms with E-state index in [-0.39, 0.29) is 17.3 Å². The molecule has 0 spiro atoms. The highest BCUT2D eigenvalue weighted by Crippen LogP contribution is 2.14. The molecule has 1 aromatic heterocycles. The van der Waals surface area contributed by atoms with Crippen LogP contribution in [0.3, 0.4) is 0 Å². The molecule has 0 unspecified atom stereocenters. The summed E-state index contributed by atoms with van der Waals surface area (Å²) in [5.41, 5.74) is 0.352. The molecule has 0 saturated heterocycles. The average Bonchev–Trinajstić information content (AvgIpc) is 3.10. The molecule has 24 heavy (non-hydrogen) atoms. The third-order valence-electron chi connectivity index (χ3n) is 3.49. The van der Waals surface area contributed by atoms with Crippen LogP contribution in [0, 0.1) is 0 Å². The Balaban J connectivity index is 2.01. The topological polar surface area (TPSA) is 75.3 Å². The molecule has 0 aliphatic rings. The Kier molecular flexibility index (Phi) is 6.96. The molecule has 1 aromatic carbocycles. The molecular weight excluding hydrogens is 344 g/mol. The van der Waals surface area contributed by atoms with Crippen LogP contribution in [0.2, 0.25) is 0 Å². The van der Waals surface area contributed by atoms with Gasteiger partial charge in [0.05, 0.1) is 4.90 Å². The summed E-state index contributed by atoms with van der Waals surface area (Å²) in [4.78, 5) is 13.1. The van der Waals surface area contributed by atoms with Crippen LogP contribution in [0.1, 0.15) is 41.4 Å². The van der Waals surface area contributed by atoms with Crippen molar-refractivity contribution in [3.05, 3.63) is 52.2 Å². The number of amides is 1. The van der Waals surface area contributed by atoms with Crippen LogP contribution in [-0.2, 0) is 16.6 Å². The van der Waals surface area contributed by atoms with Gasteiger partial charge in [0, 0.05) is 23.5 Å². The van der Waals surface area contributed by atoms with Gasteiger partial charge < -0.3 is 5.32 Å². The smallest absolute Gasteiger partial charge is 0.251 e. The van der Waals surface area contributed by atoms with Crippen LogP contribution >= 0.6 is 11.3 Å². The highest BCUT2D eigenvalue weighted by molar-refractivity contribution is 7.89. The van der Waals surface area contributed by atoms with Gasteiger partial charge in [0.15, 0.2) is 0 Å². The maximum Gasteiger partial charge on any atom is 0.251 e. The molecule has 1 heterocycles. The minimum atomic E-state index is -3.64. The molecule has 0 radical (unpaired) electrons. The van der Waals surface area contributed by atoms with Gasteiger partial charge >= 0.3 is 0 Å². The van der Waals surface area contributed by atoms with Crippen LogP contribution in [0.4, 0.5) is 0 Å².